The Morgan fingerprint density at radius 2 is 2.00 bits per heavy atom. The van der Waals surface area contributed by atoms with E-state index in [2.05, 4.69) is 9.71 Å². The highest BCUT2D eigenvalue weighted by atomic mass is 32.2. The number of carbonyl (C=O) groups excluding carboxylic acids is 1. The lowest BCUT2D eigenvalue weighted by Gasteiger charge is -2.17. The van der Waals surface area contributed by atoms with Gasteiger partial charge >= 0.3 is 0 Å². The van der Waals surface area contributed by atoms with Gasteiger partial charge in [0.25, 0.3) is 5.91 Å². The molecule has 0 bridgehead atoms. The van der Waals surface area contributed by atoms with Crippen molar-refractivity contribution >= 4 is 22.6 Å². The molecule has 1 fully saturated rings. The Kier molecular flexibility index (Phi) is 5.10. The van der Waals surface area contributed by atoms with Crippen LogP contribution in [0.4, 0.5) is 5.69 Å². The van der Waals surface area contributed by atoms with Crippen molar-refractivity contribution in [2.75, 3.05) is 24.9 Å². The molecule has 1 atom stereocenters. The number of nitrogens with zero attached hydrogens (tertiary/aromatic N) is 2. The van der Waals surface area contributed by atoms with Crippen LogP contribution in [-0.2, 0) is 11.0 Å². The lowest BCUT2D eigenvalue weighted by molar-refractivity contribution is 0.0789. The average molecular weight is 345 g/mol. The molecular weight excluding hydrogens is 326 g/mol. The number of carbonyl (C=O) groups is 1. The third kappa shape index (κ3) is 3.56. The predicted octanol–water partition coefficient (Wildman–Crippen LogP) is 2.46. The monoisotopic (exact) mass is 345 g/mol. The van der Waals surface area contributed by atoms with Gasteiger partial charge in [0.15, 0.2) is 11.0 Å². The number of anilines is 1. The minimum absolute atomic E-state index is 0.0676. The zero-order valence-corrected chi connectivity index (χ0v) is 14.2. The molecule has 2 aromatic rings. The van der Waals surface area contributed by atoms with Crippen LogP contribution in [0.3, 0.4) is 0 Å². The molecule has 126 valence electrons. The predicted molar refractivity (Wildman–Crippen MR) is 92.4 cm³/mol. The Labute approximate surface area is 143 Å². The van der Waals surface area contributed by atoms with E-state index in [1.165, 1.54) is 0 Å². The maximum absolute atomic E-state index is 12.7. The number of methoxy groups -OCH3 is 1. The summed E-state index contributed by atoms with van der Waals surface area (Å²) in [6.07, 6.45) is 5.17. The summed E-state index contributed by atoms with van der Waals surface area (Å²) in [7, 11) is -0.0265. The van der Waals surface area contributed by atoms with E-state index in [1.54, 1.807) is 49.8 Å². The summed E-state index contributed by atoms with van der Waals surface area (Å²) in [5, 5.41) is 0. The second-order valence-electron chi connectivity index (χ2n) is 5.48. The van der Waals surface area contributed by atoms with Gasteiger partial charge in [0, 0.05) is 19.2 Å². The topological polar surface area (TPSA) is 71.5 Å². The number of benzene rings is 1. The van der Waals surface area contributed by atoms with E-state index < -0.39 is 11.0 Å². The molecule has 1 aromatic heterocycles. The van der Waals surface area contributed by atoms with Gasteiger partial charge in [0.2, 0.25) is 0 Å². The molecule has 2 heterocycles. The summed E-state index contributed by atoms with van der Waals surface area (Å²) in [5.41, 5.74) is 1.04. The van der Waals surface area contributed by atoms with E-state index in [4.69, 9.17) is 4.74 Å². The third-order valence-corrected chi connectivity index (χ3v) is 5.05. The van der Waals surface area contributed by atoms with Gasteiger partial charge in [-0.2, -0.15) is 0 Å². The van der Waals surface area contributed by atoms with Crippen molar-refractivity contribution in [2.45, 2.75) is 17.7 Å². The number of rotatable bonds is 5. The molecule has 1 saturated heterocycles. The van der Waals surface area contributed by atoms with Crippen LogP contribution in [-0.4, -0.2) is 40.2 Å². The molecule has 24 heavy (non-hydrogen) atoms. The number of likely N-dealkylation sites (tertiary alicyclic amines) is 1. The highest BCUT2D eigenvalue weighted by molar-refractivity contribution is 7.86. The minimum atomic E-state index is -1.57. The first-order valence-electron chi connectivity index (χ1n) is 7.75. The Bertz CT molecular complexity index is 760. The van der Waals surface area contributed by atoms with Crippen molar-refractivity contribution in [1.29, 1.82) is 0 Å². The van der Waals surface area contributed by atoms with Crippen molar-refractivity contribution in [1.82, 2.24) is 9.88 Å². The van der Waals surface area contributed by atoms with E-state index in [-0.39, 0.29) is 5.91 Å². The zero-order valence-electron chi connectivity index (χ0n) is 13.4. The summed E-state index contributed by atoms with van der Waals surface area (Å²) in [6, 6.07) is 8.70. The van der Waals surface area contributed by atoms with Crippen LogP contribution >= 0.6 is 0 Å². The number of hydrogen-bond donors (Lipinski definition) is 1. The molecular formula is C17H19N3O3S. The van der Waals surface area contributed by atoms with E-state index in [0.717, 1.165) is 25.9 Å². The normalized spacial score (nSPS) is 15.1. The van der Waals surface area contributed by atoms with E-state index in [1.807, 2.05) is 4.90 Å². The van der Waals surface area contributed by atoms with Gasteiger partial charge in [-0.15, -0.1) is 0 Å². The van der Waals surface area contributed by atoms with Crippen LogP contribution in [0.2, 0.25) is 0 Å². The maximum Gasteiger partial charge on any atom is 0.255 e. The summed E-state index contributed by atoms with van der Waals surface area (Å²) in [5.74, 6) is 0.500. The number of hydrogen-bond acceptors (Lipinski definition) is 4. The minimum Gasteiger partial charge on any atom is -0.495 e. The molecule has 1 aromatic carbocycles. The third-order valence-electron chi connectivity index (χ3n) is 3.87. The van der Waals surface area contributed by atoms with Gasteiger partial charge in [-0.25, -0.2) is 4.21 Å². The number of aromatic nitrogens is 1. The van der Waals surface area contributed by atoms with Crippen LogP contribution in [0.1, 0.15) is 23.2 Å². The Morgan fingerprint density at radius 1 is 1.25 bits per heavy atom. The molecule has 1 aliphatic heterocycles. The van der Waals surface area contributed by atoms with Crippen molar-refractivity contribution in [3.05, 3.63) is 48.3 Å². The molecule has 7 heteroatoms. The van der Waals surface area contributed by atoms with Crippen LogP contribution in [0.25, 0.3) is 0 Å². The number of ether oxygens (including phenoxy) is 1. The first-order chi connectivity index (χ1) is 11.7. The lowest BCUT2D eigenvalue weighted by Crippen LogP contribution is -2.28. The summed E-state index contributed by atoms with van der Waals surface area (Å²) >= 11 is 0. The van der Waals surface area contributed by atoms with Crippen LogP contribution in [0.5, 0.6) is 5.75 Å². The molecule has 1 unspecified atom stereocenters. The van der Waals surface area contributed by atoms with E-state index in [9.17, 15) is 9.00 Å². The maximum atomic E-state index is 12.7. The fraction of sp³-hybridized carbons (Fsp3) is 0.294. The van der Waals surface area contributed by atoms with Crippen molar-refractivity contribution in [3.8, 4) is 5.75 Å². The largest absolute Gasteiger partial charge is 0.495 e. The fourth-order valence-corrected chi connectivity index (χ4v) is 3.64. The Morgan fingerprint density at radius 3 is 2.75 bits per heavy atom. The number of nitrogens with one attached hydrogen (secondary N) is 1. The Hall–Kier alpha value is -2.41. The second kappa shape index (κ2) is 7.44. The van der Waals surface area contributed by atoms with E-state index >= 15 is 0 Å². The number of amides is 1. The van der Waals surface area contributed by atoms with Gasteiger partial charge in [-0.3, -0.25) is 14.5 Å². The average Bonchev–Trinajstić information content (AvgIpc) is 3.16. The highest BCUT2D eigenvalue weighted by Gasteiger charge is 2.23. The highest BCUT2D eigenvalue weighted by Crippen LogP contribution is 2.21. The number of pyridine rings is 1. The standard InChI is InChI=1S/C17H19N3O3S/c1-23-14-10-13(11-18-12-14)19-24(22)16-7-3-2-6-15(16)17(21)20-8-4-5-9-20/h2-3,6-7,10-12,19H,4-5,8-9H2,1H3. The van der Waals surface area contributed by atoms with Crippen LogP contribution in [0.15, 0.2) is 47.6 Å². The molecule has 0 saturated carbocycles. The van der Waals surface area contributed by atoms with Crippen molar-refractivity contribution in [2.24, 2.45) is 0 Å². The van der Waals surface area contributed by atoms with Crippen LogP contribution in [0, 0.1) is 0 Å². The van der Waals surface area contributed by atoms with Gasteiger partial charge in [0.05, 0.1) is 35.6 Å². The summed E-state index contributed by atoms with van der Waals surface area (Å²) in [4.78, 5) is 19.0. The fourth-order valence-electron chi connectivity index (χ4n) is 2.64. The molecule has 0 aliphatic carbocycles. The van der Waals surface area contributed by atoms with Crippen molar-refractivity contribution < 1.29 is 13.7 Å². The Balaban J connectivity index is 1.83. The second-order valence-corrected chi connectivity index (χ2v) is 6.66. The van der Waals surface area contributed by atoms with Gasteiger partial charge < -0.3 is 9.64 Å². The lowest BCUT2D eigenvalue weighted by atomic mass is 10.2. The molecule has 1 N–H and O–H groups in total. The van der Waals surface area contributed by atoms with E-state index in [0.29, 0.717) is 21.9 Å². The van der Waals surface area contributed by atoms with Crippen LogP contribution < -0.4 is 9.46 Å². The van der Waals surface area contributed by atoms with Gasteiger partial charge in [-0.05, 0) is 25.0 Å². The summed E-state index contributed by atoms with van der Waals surface area (Å²) in [6.45, 7) is 1.51. The molecule has 6 nitrogen and oxygen atoms in total. The molecule has 1 amide bonds. The SMILES string of the molecule is COc1cncc(NS(=O)c2ccccc2C(=O)N2CCCC2)c1. The summed E-state index contributed by atoms with van der Waals surface area (Å²) < 4.78 is 20.7. The quantitative estimate of drug-likeness (QED) is 0.904. The van der Waals surface area contributed by atoms with Crippen molar-refractivity contribution in [3.63, 3.8) is 0 Å². The molecule has 0 radical (unpaired) electrons. The molecule has 0 spiro atoms. The van der Waals surface area contributed by atoms with Gasteiger partial charge in [-0.1, -0.05) is 12.1 Å². The zero-order chi connectivity index (χ0) is 16.9. The first-order valence-corrected chi connectivity index (χ1v) is 8.90. The first kappa shape index (κ1) is 16.4. The molecule has 1 aliphatic rings. The van der Waals surface area contributed by atoms with Gasteiger partial charge in [0.1, 0.15) is 5.75 Å². The smallest absolute Gasteiger partial charge is 0.255 e. The molecule has 3 rings (SSSR count).